The minimum Gasteiger partial charge on any atom is -0.477 e. The predicted molar refractivity (Wildman–Crippen MR) is 116 cm³/mol. The molecule has 0 radical (unpaired) electrons. The van der Waals surface area contributed by atoms with Crippen LogP contribution in [0.1, 0.15) is 39.7 Å². The summed E-state index contributed by atoms with van der Waals surface area (Å²) in [7, 11) is 0. The average molecular weight is 434 g/mol. The number of hydrogen-bond donors (Lipinski definition) is 0. The van der Waals surface area contributed by atoms with E-state index in [1.165, 1.54) is 16.9 Å². The molecule has 4 aromatic rings. The molecule has 3 aromatic heterocycles. The fourth-order valence-electron chi connectivity index (χ4n) is 3.32. The Morgan fingerprint density at radius 2 is 1.88 bits per heavy atom. The van der Waals surface area contributed by atoms with Crippen LogP contribution in [-0.4, -0.2) is 32.6 Å². The number of ether oxygens (including phenoxy) is 2. The normalized spacial score (nSPS) is 11.0. The van der Waals surface area contributed by atoms with Crippen molar-refractivity contribution in [3.8, 4) is 11.7 Å². The van der Waals surface area contributed by atoms with Crippen molar-refractivity contribution >= 4 is 16.9 Å². The molecule has 32 heavy (non-hydrogen) atoms. The topological polar surface area (TPSA) is 109 Å². The molecule has 9 nitrogen and oxygen atoms in total. The van der Waals surface area contributed by atoms with E-state index in [-0.39, 0.29) is 6.61 Å². The lowest BCUT2D eigenvalue weighted by Gasteiger charge is -2.09. The van der Waals surface area contributed by atoms with E-state index in [2.05, 4.69) is 15.3 Å². The second kappa shape index (κ2) is 8.62. The summed E-state index contributed by atoms with van der Waals surface area (Å²) in [5.74, 6) is 0.297. The lowest BCUT2D eigenvalue weighted by molar-refractivity contribution is 0.0473. The highest BCUT2D eigenvalue weighted by Gasteiger charge is 2.18. The lowest BCUT2D eigenvalue weighted by atomic mass is 10.0. The Labute approximate surface area is 183 Å². The fraction of sp³-hybridized carbons (Fsp3) is 0.261. The van der Waals surface area contributed by atoms with Gasteiger partial charge in [0.05, 0.1) is 18.5 Å². The van der Waals surface area contributed by atoms with Crippen LogP contribution in [0.5, 0.6) is 5.88 Å². The third-order valence-corrected chi connectivity index (χ3v) is 5.17. The van der Waals surface area contributed by atoms with E-state index in [1.807, 2.05) is 32.9 Å². The molecule has 0 fully saturated rings. The largest absolute Gasteiger partial charge is 0.477 e. The van der Waals surface area contributed by atoms with Gasteiger partial charge in [-0.1, -0.05) is 0 Å². The highest BCUT2D eigenvalue weighted by Crippen LogP contribution is 2.23. The molecule has 0 saturated heterocycles. The van der Waals surface area contributed by atoms with Crippen molar-refractivity contribution < 1.29 is 18.7 Å². The van der Waals surface area contributed by atoms with Crippen LogP contribution in [0.2, 0.25) is 0 Å². The molecule has 0 amide bonds. The lowest BCUT2D eigenvalue weighted by Crippen LogP contribution is -2.10. The molecule has 9 heteroatoms. The average Bonchev–Trinajstić information content (AvgIpc) is 3.15. The van der Waals surface area contributed by atoms with Gasteiger partial charge in [0.25, 0.3) is 0 Å². The molecular formula is C23H22N4O5. The number of nitrogens with zero attached hydrogens (tertiary/aromatic N) is 4. The molecule has 0 aliphatic rings. The molecule has 0 saturated carbocycles. The van der Waals surface area contributed by atoms with Gasteiger partial charge < -0.3 is 13.9 Å². The van der Waals surface area contributed by atoms with Gasteiger partial charge in [-0.3, -0.25) is 0 Å². The summed E-state index contributed by atoms with van der Waals surface area (Å²) in [5, 5.41) is 13.0. The standard InChI is InChI=1S/C23H22N4O5/c1-5-30-21-7-6-20(25-26-21)27-15(4)18(11-24-27)23(29)31-12-16-10-22(28)32-19-9-14(3)13(2)8-17(16)19/h6-11H,5,12H2,1-4H3. The molecule has 3 heterocycles. The molecule has 1 aromatic carbocycles. The molecule has 0 unspecified atom stereocenters. The van der Waals surface area contributed by atoms with Gasteiger partial charge in [0.2, 0.25) is 5.88 Å². The zero-order chi connectivity index (χ0) is 22.8. The number of carbonyl (C=O) groups excluding carboxylic acids is 1. The first kappa shape index (κ1) is 21.2. The predicted octanol–water partition coefficient (Wildman–Crippen LogP) is 3.45. The number of rotatable bonds is 6. The molecule has 4 rings (SSSR count). The van der Waals surface area contributed by atoms with E-state index in [4.69, 9.17) is 13.9 Å². The zero-order valence-corrected chi connectivity index (χ0v) is 18.2. The van der Waals surface area contributed by atoms with Crippen LogP contribution in [0.25, 0.3) is 16.8 Å². The van der Waals surface area contributed by atoms with E-state index in [0.717, 1.165) is 16.5 Å². The molecule has 0 spiro atoms. The number of aromatic nitrogens is 4. The summed E-state index contributed by atoms with van der Waals surface area (Å²) >= 11 is 0. The molecule has 0 atom stereocenters. The van der Waals surface area contributed by atoms with Gasteiger partial charge in [0.15, 0.2) is 5.82 Å². The Kier molecular flexibility index (Phi) is 5.72. The first-order valence-electron chi connectivity index (χ1n) is 10.1. The highest BCUT2D eigenvalue weighted by molar-refractivity contribution is 5.90. The fourth-order valence-corrected chi connectivity index (χ4v) is 3.32. The first-order chi connectivity index (χ1) is 15.4. The Balaban J connectivity index is 1.56. The summed E-state index contributed by atoms with van der Waals surface area (Å²) in [6.45, 7) is 7.92. The summed E-state index contributed by atoms with van der Waals surface area (Å²) < 4.78 is 17.6. The van der Waals surface area contributed by atoms with Crippen LogP contribution in [0, 0.1) is 20.8 Å². The van der Waals surface area contributed by atoms with E-state index >= 15 is 0 Å². The number of carbonyl (C=O) groups is 1. The quantitative estimate of drug-likeness (QED) is 0.335. The van der Waals surface area contributed by atoms with Gasteiger partial charge >= 0.3 is 11.6 Å². The van der Waals surface area contributed by atoms with Crippen molar-refractivity contribution in [1.82, 2.24) is 20.0 Å². The monoisotopic (exact) mass is 434 g/mol. The Hall–Kier alpha value is -4.01. The maximum Gasteiger partial charge on any atom is 0.341 e. The Bertz CT molecular complexity index is 1360. The summed E-state index contributed by atoms with van der Waals surface area (Å²) in [6, 6.07) is 8.46. The number of fused-ring (bicyclic) bond motifs is 1. The van der Waals surface area contributed by atoms with Crippen LogP contribution in [0.4, 0.5) is 0 Å². The summed E-state index contributed by atoms with van der Waals surface area (Å²) in [4.78, 5) is 24.7. The van der Waals surface area contributed by atoms with Gasteiger partial charge in [-0.25, -0.2) is 14.3 Å². The van der Waals surface area contributed by atoms with Crippen LogP contribution in [-0.2, 0) is 11.3 Å². The number of hydrogen-bond acceptors (Lipinski definition) is 8. The third kappa shape index (κ3) is 4.09. The molecular weight excluding hydrogens is 412 g/mol. The minimum atomic E-state index is -0.558. The van der Waals surface area contributed by atoms with E-state index in [0.29, 0.717) is 40.7 Å². The van der Waals surface area contributed by atoms with Gasteiger partial charge in [0.1, 0.15) is 17.8 Å². The van der Waals surface area contributed by atoms with Crippen molar-refractivity contribution in [1.29, 1.82) is 0 Å². The SMILES string of the molecule is CCOc1ccc(-n2ncc(C(=O)OCc3cc(=O)oc4cc(C)c(C)cc34)c2C)nn1. The van der Waals surface area contributed by atoms with Crippen molar-refractivity contribution in [2.24, 2.45) is 0 Å². The second-order valence-electron chi connectivity index (χ2n) is 7.32. The minimum absolute atomic E-state index is 0.0725. The first-order valence-corrected chi connectivity index (χ1v) is 10.1. The Morgan fingerprint density at radius 1 is 1.09 bits per heavy atom. The van der Waals surface area contributed by atoms with Crippen LogP contribution >= 0.6 is 0 Å². The summed E-state index contributed by atoms with van der Waals surface area (Å²) in [6.07, 6.45) is 1.42. The number of benzene rings is 1. The van der Waals surface area contributed by atoms with Crippen molar-refractivity contribution in [2.75, 3.05) is 6.61 Å². The smallest absolute Gasteiger partial charge is 0.341 e. The number of aryl methyl sites for hydroxylation is 2. The van der Waals surface area contributed by atoms with Crippen LogP contribution in [0.15, 0.2) is 45.7 Å². The van der Waals surface area contributed by atoms with Crippen molar-refractivity contribution in [3.05, 3.63) is 74.9 Å². The van der Waals surface area contributed by atoms with Crippen LogP contribution in [0.3, 0.4) is 0 Å². The number of esters is 1. The van der Waals surface area contributed by atoms with E-state index in [1.54, 1.807) is 19.1 Å². The van der Waals surface area contributed by atoms with E-state index < -0.39 is 11.6 Å². The van der Waals surface area contributed by atoms with Gasteiger partial charge in [0, 0.05) is 23.1 Å². The third-order valence-electron chi connectivity index (χ3n) is 5.17. The second-order valence-corrected chi connectivity index (χ2v) is 7.32. The molecule has 164 valence electrons. The molecule has 0 bridgehead atoms. The summed E-state index contributed by atoms with van der Waals surface area (Å²) in [5.41, 5.74) is 3.45. The Morgan fingerprint density at radius 3 is 2.59 bits per heavy atom. The van der Waals surface area contributed by atoms with Crippen LogP contribution < -0.4 is 10.4 Å². The zero-order valence-electron chi connectivity index (χ0n) is 18.2. The van der Waals surface area contributed by atoms with E-state index in [9.17, 15) is 9.59 Å². The molecule has 0 aliphatic heterocycles. The van der Waals surface area contributed by atoms with Gasteiger partial charge in [-0.05, 0) is 57.0 Å². The molecule has 0 aliphatic carbocycles. The van der Waals surface area contributed by atoms with Gasteiger partial charge in [-0.15, -0.1) is 10.2 Å². The van der Waals surface area contributed by atoms with Crippen molar-refractivity contribution in [3.63, 3.8) is 0 Å². The maximum atomic E-state index is 12.7. The van der Waals surface area contributed by atoms with Gasteiger partial charge in [-0.2, -0.15) is 5.10 Å². The molecule has 0 N–H and O–H groups in total. The maximum absolute atomic E-state index is 12.7. The highest BCUT2D eigenvalue weighted by atomic mass is 16.5. The van der Waals surface area contributed by atoms with Crippen molar-refractivity contribution in [2.45, 2.75) is 34.3 Å².